The fourth-order valence-corrected chi connectivity index (χ4v) is 9.46. The molecule has 0 spiro atoms. The van der Waals surface area contributed by atoms with Gasteiger partial charge < -0.3 is 5.11 Å². The fourth-order valence-electron chi connectivity index (χ4n) is 8.41. The van der Waals surface area contributed by atoms with Crippen LogP contribution >= 0.6 is 11.3 Å². The molecule has 9 rings (SSSR count). The topological polar surface area (TPSA) is 58.9 Å². The number of benzene rings is 6. The Balaban J connectivity index is 0.00000544. The van der Waals surface area contributed by atoms with Crippen LogP contribution in [-0.4, -0.2) is 20.1 Å². The van der Waals surface area contributed by atoms with Crippen LogP contribution in [0.1, 0.15) is 76.3 Å². The summed E-state index contributed by atoms with van der Waals surface area (Å²) in [5.74, 6) is 0.267. The van der Waals surface area contributed by atoms with Gasteiger partial charge >= 0.3 is 0 Å². The van der Waals surface area contributed by atoms with Gasteiger partial charge in [-0.3, -0.25) is 9.97 Å². The molecule has 0 atom stereocenters. The van der Waals surface area contributed by atoms with Gasteiger partial charge in [0, 0.05) is 66.4 Å². The van der Waals surface area contributed by atoms with Crippen LogP contribution in [0.3, 0.4) is 0 Å². The van der Waals surface area contributed by atoms with E-state index in [0.29, 0.717) is 0 Å². The Hall–Kier alpha value is -6.00. The molecule has 316 valence electrons. The summed E-state index contributed by atoms with van der Waals surface area (Å²) in [5.41, 5.74) is 14.2. The molecule has 0 saturated heterocycles. The van der Waals surface area contributed by atoms with E-state index in [1.165, 1.54) is 11.1 Å². The zero-order valence-electron chi connectivity index (χ0n) is 36.7. The van der Waals surface area contributed by atoms with Crippen molar-refractivity contribution in [2.75, 3.05) is 0 Å². The maximum Gasteiger partial charge on any atom is 0.129 e. The molecule has 6 heteroatoms. The average Bonchev–Trinajstić information content (AvgIpc) is 3.73. The number of fused-ring (bicyclic) bond motifs is 1. The summed E-state index contributed by atoms with van der Waals surface area (Å²) < 4.78 is 1.03. The maximum atomic E-state index is 12.1. The number of aromatic hydroxyl groups is 1. The average molecular weight is 1020 g/mol. The number of nitrogens with zero attached hydrogens (tertiary/aromatic N) is 3. The first-order chi connectivity index (χ1) is 29.8. The SMILES string of the molecule is CC(C)(C)c1cc(-c2ccccc2)cc(-c2nc3c(-c4[c-]c(-c5ccc(C(C)(C)c6ccncc6)cn5)cc(C(C)(C)c5ccccc5)c4)cc(-c4ccccc4)cc3s2)c1O.[Pt]. The second-order valence-electron chi connectivity index (χ2n) is 18.3. The molecule has 0 bridgehead atoms. The van der Waals surface area contributed by atoms with Gasteiger partial charge in [0.25, 0.3) is 0 Å². The zero-order valence-corrected chi connectivity index (χ0v) is 39.8. The number of hydrogen-bond acceptors (Lipinski definition) is 5. The van der Waals surface area contributed by atoms with Gasteiger partial charge in [-0.2, -0.15) is 0 Å². The number of rotatable bonds is 9. The van der Waals surface area contributed by atoms with E-state index in [-0.39, 0.29) is 43.1 Å². The van der Waals surface area contributed by atoms with Crippen LogP contribution in [0.5, 0.6) is 5.75 Å². The van der Waals surface area contributed by atoms with Crippen LogP contribution in [0.4, 0.5) is 0 Å². The summed E-state index contributed by atoms with van der Waals surface area (Å²) in [6, 6.07) is 57.1. The first-order valence-corrected chi connectivity index (χ1v) is 22.0. The minimum Gasteiger partial charge on any atom is -0.507 e. The Kier molecular flexibility index (Phi) is 12.0. The Morgan fingerprint density at radius 3 is 1.68 bits per heavy atom. The summed E-state index contributed by atoms with van der Waals surface area (Å²) in [6.45, 7) is 15.4. The number of aromatic nitrogens is 3. The molecule has 0 amide bonds. The molecule has 0 radical (unpaired) electrons. The molecule has 0 aliphatic rings. The number of phenolic OH excluding ortho intramolecular Hbond substituents is 1. The van der Waals surface area contributed by atoms with E-state index in [4.69, 9.17) is 9.97 Å². The van der Waals surface area contributed by atoms with Crippen molar-refractivity contribution >= 4 is 21.6 Å². The van der Waals surface area contributed by atoms with E-state index >= 15 is 0 Å². The van der Waals surface area contributed by atoms with Crippen LogP contribution in [-0.2, 0) is 37.3 Å². The van der Waals surface area contributed by atoms with Gasteiger partial charge in [0.2, 0.25) is 0 Å². The number of pyridine rings is 2. The van der Waals surface area contributed by atoms with Gasteiger partial charge in [-0.15, -0.1) is 40.7 Å². The van der Waals surface area contributed by atoms with Crippen molar-refractivity contribution < 1.29 is 26.2 Å². The normalized spacial score (nSPS) is 12.0. The molecule has 3 aromatic heterocycles. The monoisotopic (exact) mass is 1020 g/mol. The number of hydrogen-bond donors (Lipinski definition) is 1. The molecule has 0 aliphatic heterocycles. The number of phenols is 1. The summed E-state index contributed by atoms with van der Waals surface area (Å²) in [4.78, 5) is 14.8. The molecule has 0 saturated carbocycles. The van der Waals surface area contributed by atoms with E-state index in [1.54, 1.807) is 11.3 Å². The van der Waals surface area contributed by atoms with Crippen molar-refractivity contribution in [3.05, 3.63) is 204 Å². The molecule has 0 unspecified atom stereocenters. The van der Waals surface area contributed by atoms with Crippen molar-refractivity contribution in [3.8, 4) is 61.0 Å². The maximum absolute atomic E-state index is 12.1. The quantitative estimate of drug-likeness (QED) is 0.146. The zero-order chi connectivity index (χ0) is 43.2. The Morgan fingerprint density at radius 2 is 1.08 bits per heavy atom. The molecule has 0 fully saturated rings. The van der Waals surface area contributed by atoms with Gasteiger partial charge in [0.15, 0.2) is 0 Å². The van der Waals surface area contributed by atoms with Crippen LogP contribution in [0.15, 0.2) is 170 Å². The third-order valence-corrected chi connectivity index (χ3v) is 13.4. The Morgan fingerprint density at radius 1 is 0.524 bits per heavy atom. The summed E-state index contributed by atoms with van der Waals surface area (Å²) in [6.07, 6.45) is 5.69. The van der Waals surface area contributed by atoms with E-state index in [1.807, 2.05) is 24.7 Å². The molecule has 1 N–H and O–H groups in total. The molecule has 3 heterocycles. The largest absolute Gasteiger partial charge is 0.507 e. The predicted molar refractivity (Wildman–Crippen MR) is 259 cm³/mol. The van der Waals surface area contributed by atoms with E-state index in [9.17, 15) is 5.11 Å². The van der Waals surface area contributed by atoms with Crippen molar-refractivity contribution in [1.29, 1.82) is 0 Å². The molecule has 63 heavy (non-hydrogen) atoms. The fraction of sp³-hybridized carbons (Fsp3) is 0.175. The predicted octanol–water partition coefficient (Wildman–Crippen LogP) is 14.9. The van der Waals surface area contributed by atoms with Crippen molar-refractivity contribution in [3.63, 3.8) is 0 Å². The van der Waals surface area contributed by atoms with Gasteiger partial charge in [-0.05, 0) is 74.7 Å². The van der Waals surface area contributed by atoms with E-state index in [2.05, 4.69) is 205 Å². The standard InChI is InChI=1S/C57H50N3OS.Pt/c1-55(2,3)49-34-39(37-17-11-8-12-18-37)33-48(53(49)61)54-60-52-47(32-40(35-51(52)62-54)38-19-13-9-14-20-38)41-29-42(31-46(30-41)57(6,7)43-21-15-10-16-22-43)50-24-23-45(36-59-50)56(4,5)44-25-27-58-28-26-44;/h8-28,30-36,61H,1-7H3;/q-1;. The third kappa shape index (κ3) is 8.57. The van der Waals surface area contributed by atoms with Gasteiger partial charge in [0.05, 0.1) is 11.1 Å². The number of thiazole rings is 1. The van der Waals surface area contributed by atoms with Crippen LogP contribution in [0, 0.1) is 6.07 Å². The van der Waals surface area contributed by atoms with Crippen molar-refractivity contribution in [2.45, 2.75) is 64.7 Å². The summed E-state index contributed by atoms with van der Waals surface area (Å²) in [7, 11) is 0. The minimum atomic E-state index is -0.348. The second kappa shape index (κ2) is 17.3. The third-order valence-electron chi connectivity index (χ3n) is 12.4. The summed E-state index contributed by atoms with van der Waals surface area (Å²) >= 11 is 1.61. The first kappa shape index (κ1) is 43.6. The van der Waals surface area contributed by atoms with Crippen molar-refractivity contribution in [1.82, 2.24) is 15.0 Å². The Bertz CT molecular complexity index is 3030. The molecular weight excluding hydrogens is 970 g/mol. The van der Waals surface area contributed by atoms with Crippen molar-refractivity contribution in [2.24, 2.45) is 0 Å². The second-order valence-corrected chi connectivity index (χ2v) is 19.3. The molecule has 6 aromatic carbocycles. The van der Waals surface area contributed by atoms with E-state index < -0.39 is 0 Å². The van der Waals surface area contributed by atoms with Crippen LogP contribution in [0.25, 0.3) is 65.4 Å². The molecule has 4 nitrogen and oxygen atoms in total. The van der Waals surface area contributed by atoms with E-state index in [0.717, 1.165) is 82.1 Å². The summed E-state index contributed by atoms with van der Waals surface area (Å²) in [5, 5.41) is 12.8. The smallest absolute Gasteiger partial charge is 0.129 e. The first-order valence-electron chi connectivity index (χ1n) is 21.2. The van der Waals surface area contributed by atoms with Crippen LogP contribution < -0.4 is 0 Å². The van der Waals surface area contributed by atoms with Gasteiger partial charge in [0.1, 0.15) is 10.8 Å². The molecule has 0 aliphatic carbocycles. The van der Waals surface area contributed by atoms with Gasteiger partial charge in [-0.1, -0.05) is 169 Å². The molecular formula is C57H50N3OPtS-. The minimum absolute atomic E-state index is 0. The van der Waals surface area contributed by atoms with Crippen LogP contribution in [0.2, 0.25) is 0 Å². The Labute approximate surface area is 390 Å². The molecule has 9 aromatic rings. The van der Waals surface area contributed by atoms with Gasteiger partial charge in [-0.25, -0.2) is 4.98 Å².